The lowest BCUT2D eigenvalue weighted by atomic mass is 10.0. The van der Waals surface area contributed by atoms with Gasteiger partial charge in [-0.3, -0.25) is 4.79 Å². The molecule has 0 radical (unpaired) electrons. The molecule has 2 rings (SSSR count). The van der Waals surface area contributed by atoms with Crippen molar-refractivity contribution in [2.24, 2.45) is 0 Å². The molecule has 0 aliphatic carbocycles. The van der Waals surface area contributed by atoms with E-state index in [0.29, 0.717) is 54.9 Å². The fourth-order valence-corrected chi connectivity index (χ4v) is 3.51. The van der Waals surface area contributed by atoms with Crippen LogP contribution in [0.3, 0.4) is 0 Å². The number of carbonyl (C=O) groups excluding carboxylic acids is 2. The van der Waals surface area contributed by atoms with E-state index >= 15 is 0 Å². The van der Waals surface area contributed by atoms with Crippen LogP contribution in [0.25, 0.3) is 6.08 Å². The number of carbonyl (C=O) groups is 2. The molecule has 1 aliphatic rings. The van der Waals surface area contributed by atoms with Gasteiger partial charge in [0.2, 0.25) is 0 Å². The number of nitrogens with zero attached hydrogens (tertiary/aromatic N) is 1. The van der Waals surface area contributed by atoms with Gasteiger partial charge in [-0.05, 0) is 58.3 Å². The smallest absolute Gasteiger partial charge is 0.342 e. The molecule has 7 heteroatoms. The minimum Gasteiger partial charge on any atom is -0.496 e. The Morgan fingerprint density at radius 1 is 1.23 bits per heavy atom. The minimum atomic E-state index is -0.645. The van der Waals surface area contributed by atoms with Crippen molar-refractivity contribution < 1.29 is 28.9 Å². The van der Waals surface area contributed by atoms with Crippen molar-refractivity contribution in [3.8, 4) is 11.5 Å². The normalized spacial score (nSPS) is 19.4. The molecule has 0 amide bonds. The quantitative estimate of drug-likeness (QED) is 0.688. The van der Waals surface area contributed by atoms with Crippen LogP contribution in [0.2, 0.25) is 0 Å². The number of esters is 1. The van der Waals surface area contributed by atoms with Gasteiger partial charge in [0.15, 0.2) is 0 Å². The number of aliphatic hydroxyl groups is 1. The number of Topliss-reactive ketones (excluding diaryl/α,β-unsaturated/α-hetero) is 1. The summed E-state index contributed by atoms with van der Waals surface area (Å²) in [6, 6.07) is 3.39. The lowest BCUT2D eigenvalue weighted by Crippen LogP contribution is -2.30. The molecular weight excluding hydrogens is 398 g/mol. The van der Waals surface area contributed by atoms with Crippen LogP contribution in [0.5, 0.6) is 11.5 Å². The molecule has 0 saturated carbocycles. The molecule has 2 unspecified atom stereocenters. The van der Waals surface area contributed by atoms with Gasteiger partial charge in [-0.2, -0.15) is 0 Å². The number of likely N-dealkylation sites (N-methyl/N-ethyl adjacent to an activating group) is 1. The number of benzene rings is 1. The first kappa shape index (κ1) is 24.9. The first-order valence-corrected chi connectivity index (χ1v) is 10.9. The molecular formula is C24H35NO6. The first-order valence-electron chi connectivity index (χ1n) is 10.9. The first-order chi connectivity index (χ1) is 14.8. The number of rotatable bonds is 6. The van der Waals surface area contributed by atoms with Gasteiger partial charge in [0.05, 0.1) is 13.2 Å². The number of fused-ring (bicyclic) bond motifs is 1. The summed E-state index contributed by atoms with van der Waals surface area (Å²) in [6.07, 6.45) is 6.75. The zero-order valence-corrected chi connectivity index (χ0v) is 19.1. The summed E-state index contributed by atoms with van der Waals surface area (Å²) in [5, 5.41) is 10.1. The lowest BCUT2D eigenvalue weighted by molar-refractivity contribution is -0.119. The Kier molecular flexibility index (Phi) is 10.0. The second kappa shape index (κ2) is 12.5. The van der Waals surface area contributed by atoms with Crippen LogP contribution < -0.4 is 9.47 Å². The van der Waals surface area contributed by atoms with Crippen molar-refractivity contribution in [3.05, 3.63) is 29.3 Å². The summed E-state index contributed by atoms with van der Waals surface area (Å²) >= 11 is 0. The summed E-state index contributed by atoms with van der Waals surface area (Å²) in [7, 11) is 5.25. The SMILES string of the molecule is COc1cc(OCC(O)CN(C)C)cc2c1C(=O)OC(C)CCCC(=O)CCCC=C2. The van der Waals surface area contributed by atoms with E-state index in [4.69, 9.17) is 14.2 Å². The molecule has 0 fully saturated rings. The molecule has 7 nitrogen and oxygen atoms in total. The standard InChI is InChI=1S/C24H35NO6/c1-17-9-8-12-19(26)11-7-5-6-10-18-13-21(30-16-20(27)15-25(2)3)14-22(29-4)23(18)24(28)31-17/h6,10,13-14,17,20,27H,5,7-9,11-12,15-16H2,1-4H3. The average Bonchev–Trinajstić information content (AvgIpc) is 2.70. The van der Waals surface area contributed by atoms with Crippen molar-refractivity contribution in [3.63, 3.8) is 0 Å². The monoisotopic (exact) mass is 433 g/mol. The molecule has 0 aromatic heterocycles. The number of ketones is 1. The number of ether oxygens (including phenoxy) is 3. The fraction of sp³-hybridized carbons (Fsp3) is 0.583. The topological polar surface area (TPSA) is 85.3 Å². The highest BCUT2D eigenvalue weighted by atomic mass is 16.5. The molecule has 1 N–H and O–H groups in total. The second-order valence-electron chi connectivity index (χ2n) is 8.26. The van der Waals surface area contributed by atoms with Crippen molar-refractivity contribution >= 4 is 17.8 Å². The summed E-state index contributed by atoms with van der Waals surface area (Å²) in [5.74, 6) is 0.638. The van der Waals surface area contributed by atoms with Gasteiger partial charge < -0.3 is 24.2 Å². The van der Waals surface area contributed by atoms with E-state index in [0.717, 1.165) is 12.8 Å². The molecule has 2 atom stereocenters. The number of hydrogen-bond donors (Lipinski definition) is 1. The number of allylic oxidation sites excluding steroid dienone is 1. The highest BCUT2D eigenvalue weighted by Crippen LogP contribution is 2.31. The molecule has 1 aromatic rings. The van der Waals surface area contributed by atoms with E-state index < -0.39 is 12.1 Å². The van der Waals surface area contributed by atoms with E-state index in [1.54, 1.807) is 12.1 Å². The maximum atomic E-state index is 12.9. The van der Waals surface area contributed by atoms with Crippen LogP contribution in [0.1, 0.15) is 61.4 Å². The largest absolute Gasteiger partial charge is 0.496 e. The fourth-order valence-electron chi connectivity index (χ4n) is 3.51. The summed E-state index contributed by atoms with van der Waals surface area (Å²) in [5.41, 5.74) is 0.969. The van der Waals surface area contributed by atoms with Crippen LogP contribution >= 0.6 is 0 Å². The Labute approximate surface area is 185 Å². The predicted octanol–water partition coefficient (Wildman–Crippen LogP) is 3.48. The van der Waals surface area contributed by atoms with E-state index in [2.05, 4.69) is 0 Å². The summed E-state index contributed by atoms with van der Waals surface area (Å²) in [4.78, 5) is 26.8. The van der Waals surface area contributed by atoms with Gasteiger partial charge in [-0.15, -0.1) is 0 Å². The average molecular weight is 434 g/mol. The number of aliphatic hydroxyl groups excluding tert-OH is 1. The number of hydrogen-bond acceptors (Lipinski definition) is 7. The van der Waals surface area contributed by atoms with Crippen molar-refractivity contribution in [1.29, 1.82) is 0 Å². The summed E-state index contributed by atoms with van der Waals surface area (Å²) < 4.78 is 16.9. The number of methoxy groups -OCH3 is 1. The number of cyclic esters (lactones) is 1. The maximum Gasteiger partial charge on any atom is 0.342 e. The van der Waals surface area contributed by atoms with E-state index in [-0.39, 0.29) is 18.5 Å². The molecule has 31 heavy (non-hydrogen) atoms. The van der Waals surface area contributed by atoms with Crippen LogP contribution in [0.4, 0.5) is 0 Å². The van der Waals surface area contributed by atoms with Gasteiger partial charge >= 0.3 is 5.97 Å². The third-order valence-electron chi connectivity index (χ3n) is 5.05. The lowest BCUT2D eigenvalue weighted by Gasteiger charge is -2.19. The highest BCUT2D eigenvalue weighted by molar-refractivity contribution is 5.97. The van der Waals surface area contributed by atoms with Gasteiger partial charge in [-0.1, -0.05) is 12.2 Å². The molecule has 1 aliphatic heterocycles. The Bertz CT molecular complexity index is 774. The molecule has 1 aromatic carbocycles. The zero-order valence-electron chi connectivity index (χ0n) is 19.1. The Morgan fingerprint density at radius 3 is 2.68 bits per heavy atom. The minimum absolute atomic E-state index is 0.118. The van der Waals surface area contributed by atoms with Crippen LogP contribution in [0, 0.1) is 0 Å². The highest BCUT2D eigenvalue weighted by Gasteiger charge is 2.22. The third-order valence-corrected chi connectivity index (χ3v) is 5.05. The predicted molar refractivity (Wildman–Crippen MR) is 120 cm³/mol. The Hall–Kier alpha value is -2.38. The molecule has 0 bridgehead atoms. The van der Waals surface area contributed by atoms with E-state index in [1.165, 1.54) is 7.11 Å². The van der Waals surface area contributed by atoms with Crippen LogP contribution in [0.15, 0.2) is 18.2 Å². The molecule has 172 valence electrons. The van der Waals surface area contributed by atoms with Gasteiger partial charge in [-0.25, -0.2) is 4.79 Å². The molecule has 0 saturated heterocycles. The third kappa shape index (κ3) is 8.34. The van der Waals surface area contributed by atoms with Gasteiger partial charge in [0.1, 0.15) is 35.6 Å². The van der Waals surface area contributed by atoms with Crippen molar-refractivity contribution in [2.75, 3.05) is 34.4 Å². The maximum absolute atomic E-state index is 12.9. The van der Waals surface area contributed by atoms with E-state index in [9.17, 15) is 14.7 Å². The van der Waals surface area contributed by atoms with Crippen molar-refractivity contribution in [1.82, 2.24) is 4.90 Å². The molecule has 0 spiro atoms. The summed E-state index contributed by atoms with van der Waals surface area (Å²) in [6.45, 7) is 2.43. The zero-order chi connectivity index (χ0) is 22.8. The second-order valence-corrected chi connectivity index (χ2v) is 8.26. The van der Waals surface area contributed by atoms with Crippen LogP contribution in [-0.4, -0.2) is 68.3 Å². The van der Waals surface area contributed by atoms with Crippen molar-refractivity contribution in [2.45, 2.75) is 57.7 Å². The Morgan fingerprint density at radius 2 is 1.97 bits per heavy atom. The Balaban J connectivity index is 2.31. The van der Waals surface area contributed by atoms with Crippen LogP contribution in [-0.2, 0) is 9.53 Å². The van der Waals surface area contributed by atoms with E-state index in [1.807, 2.05) is 38.1 Å². The van der Waals surface area contributed by atoms with Gasteiger partial charge in [0.25, 0.3) is 0 Å². The van der Waals surface area contributed by atoms with Gasteiger partial charge in [0, 0.05) is 25.5 Å². The molecule has 1 heterocycles.